The number of hydrogen-bond acceptors (Lipinski definition) is 7. The Labute approximate surface area is 160 Å². The first-order valence-corrected chi connectivity index (χ1v) is 10.4. The highest BCUT2D eigenvalue weighted by molar-refractivity contribution is 7.99. The van der Waals surface area contributed by atoms with Crippen LogP contribution in [0.4, 0.5) is 5.13 Å². The first kappa shape index (κ1) is 18.8. The second-order valence-electron chi connectivity index (χ2n) is 6.10. The van der Waals surface area contributed by atoms with Crippen LogP contribution in [0, 0.1) is 20.8 Å². The molecule has 9 heteroatoms. The van der Waals surface area contributed by atoms with E-state index in [0.29, 0.717) is 16.1 Å². The number of nitrogens with zero attached hydrogens (tertiary/aromatic N) is 5. The maximum atomic E-state index is 12.1. The third-order valence-corrected chi connectivity index (χ3v) is 5.72. The Kier molecular flexibility index (Phi) is 5.87. The molecule has 0 spiro atoms. The standard InChI is InChI=1S/C17H22N6OS2/c1-5-6-7-13-11(3)19-15-21-17(22-23(15)12(13)4)26-9-14(24)20-16-18-10(2)8-25-16/h8H,5-7,9H2,1-4H3,(H,18,20,24). The molecule has 0 aliphatic heterocycles. The van der Waals surface area contributed by atoms with E-state index >= 15 is 0 Å². The summed E-state index contributed by atoms with van der Waals surface area (Å²) in [6.07, 6.45) is 3.26. The van der Waals surface area contributed by atoms with Crippen LogP contribution in [0.5, 0.6) is 0 Å². The average Bonchev–Trinajstić information content (AvgIpc) is 3.19. The van der Waals surface area contributed by atoms with E-state index in [-0.39, 0.29) is 11.7 Å². The molecule has 0 aliphatic rings. The molecule has 0 fully saturated rings. The van der Waals surface area contributed by atoms with E-state index in [4.69, 9.17) is 0 Å². The van der Waals surface area contributed by atoms with Gasteiger partial charge in [0.25, 0.3) is 5.78 Å². The molecule has 0 atom stereocenters. The van der Waals surface area contributed by atoms with Crippen molar-refractivity contribution in [2.24, 2.45) is 0 Å². The van der Waals surface area contributed by atoms with Crippen molar-refractivity contribution < 1.29 is 4.79 Å². The van der Waals surface area contributed by atoms with Crippen molar-refractivity contribution in [2.75, 3.05) is 11.1 Å². The van der Waals surface area contributed by atoms with Crippen LogP contribution in [-0.4, -0.2) is 36.2 Å². The molecule has 0 saturated heterocycles. The number of rotatable bonds is 7. The summed E-state index contributed by atoms with van der Waals surface area (Å²) in [4.78, 5) is 25.3. The number of unbranched alkanes of at least 4 members (excludes halogenated alkanes) is 1. The molecule has 1 N–H and O–H groups in total. The Morgan fingerprint density at radius 3 is 2.77 bits per heavy atom. The van der Waals surface area contributed by atoms with Crippen molar-refractivity contribution in [1.82, 2.24) is 24.6 Å². The van der Waals surface area contributed by atoms with Gasteiger partial charge in [0.05, 0.1) is 11.4 Å². The minimum Gasteiger partial charge on any atom is -0.301 e. The molecule has 0 unspecified atom stereocenters. The quantitative estimate of drug-likeness (QED) is 0.621. The normalized spacial score (nSPS) is 11.2. The molecule has 3 rings (SSSR count). The lowest BCUT2D eigenvalue weighted by molar-refractivity contribution is -0.113. The van der Waals surface area contributed by atoms with E-state index in [9.17, 15) is 4.79 Å². The number of aryl methyl sites for hydroxylation is 3. The van der Waals surface area contributed by atoms with Crippen LogP contribution in [0.2, 0.25) is 0 Å². The van der Waals surface area contributed by atoms with Crippen molar-refractivity contribution in [3.05, 3.63) is 28.0 Å². The van der Waals surface area contributed by atoms with Crippen LogP contribution in [0.25, 0.3) is 5.78 Å². The van der Waals surface area contributed by atoms with Gasteiger partial charge in [-0.2, -0.15) is 4.98 Å². The number of carbonyl (C=O) groups is 1. The molecule has 3 aromatic heterocycles. The molecular weight excluding hydrogens is 368 g/mol. The van der Waals surface area contributed by atoms with Crippen molar-refractivity contribution in [3.8, 4) is 0 Å². The van der Waals surface area contributed by atoms with Gasteiger partial charge in [-0.1, -0.05) is 25.1 Å². The van der Waals surface area contributed by atoms with Gasteiger partial charge in [0, 0.05) is 16.8 Å². The maximum absolute atomic E-state index is 12.1. The van der Waals surface area contributed by atoms with Crippen LogP contribution in [0.15, 0.2) is 10.5 Å². The Bertz CT molecular complexity index is 933. The van der Waals surface area contributed by atoms with E-state index < -0.39 is 0 Å². The van der Waals surface area contributed by atoms with Crippen LogP contribution in [-0.2, 0) is 11.2 Å². The Hall–Kier alpha value is -2.00. The first-order chi connectivity index (χ1) is 12.5. The minimum atomic E-state index is -0.118. The zero-order chi connectivity index (χ0) is 18.7. The van der Waals surface area contributed by atoms with Gasteiger partial charge in [0.2, 0.25) is 11.1 Å². The van der Waals surface area contributed by atoms with Gasteiger partial charge in [-0.15, -0.1) is 16.4 Å². The summed E-state index contributed by atoms with van der Waals surface area (Å²) >= 11 is 2.72. The van der Waals surface area contributed by atoms with Crippen LogP contribution in [0.3, 0.4) is 0 Å². The van der Waals surface area contributed by atoms with Crippen molar-refractivity contribution >= 4 is 39.9 Å². The highest BCUT2D eigenvalue weighted by Gasteiger charge is 2.14. The number of fused-ring (bicyclic) bond motifs is 1. The summed E-state index contributed by atoms with van der Waals surface area (Å²) in [6, 6.07) is 0. The summed E-state index contributed by atoms with van der Waals surface area (Å²) in [5, 5.41) is 10.4. The zero-order valence-corrected chi connectivity index (χ0v) is 17.0. The SMILES string of the molecule is CCCCc1c(C)nc2nc(SCC(=O)Nc3nc(C)cs3)nn2c1C. The highest BCUT2D eigenvalue weighted by atomic mass is 32.2. The number of thioether (sulfide) groups is 1. The van der Waals surface area contributed by atoms with Gasteiger partial charge in [-0.3, -0.25) is 4.79 Å². The lowest BCUT2D eigenvalue weighted by Gasteiger charge is -2.09. The zero-order valence-electron chi connectivity index (χ0n) is 15.4. The monoisotopic (exact) mass is 390 g/mol. The number of carbonyl (C=O) groups excluding carboxylic acids is 1. The fourth-order valence-electron chi connectivity index (χ4n) is 2.66. The molecular formula is C17H22N6OS2. The topological polar surface area (TPSA) is 85.1 Å². The van der Waals surface area contributed by atoms with Crippen LogP contribution >= 0.6 is 23.1 Å². The van der Waals surface area contributed by atoms with Crippen molar-refractivity contribution in [3.63, 3.8) is 0 Å². The summed E-state index contributed by atoms with van der Waals surface area (Å²) in [5.74, 6) is 0.697. The molecule has 3 heterocycles. The molecule has 0 saturated carbocycles. The van der Waals surface area contributed by atoms with Gasteiger partial charge in [0.15, 0.2) is 5.13 Å². The van der Waals surface area contributed by atoms with Gasteiger partial charge in [-0.05, 0) is 39.2 Å². The van der Waals surface area contributed by atoms with E-state index in [0.717, 1.165) is 36.3 Å². The number of hydrogen-bond donors (Lipinski definition) is 1. The number of anilines is 1. The fraction of sp³-hybridized carbons (Fsp3) is 0.471. The number of amides is 1. The maximum Gasteiger partial charge on any atom is 0.253 e. The van der Waals surface area contributed by atoms with Crippen LogP contribution in [0.1, 0.15) is 42.4 Å². The van der Waals surface area contributed by atoms with Gasteiger partial charge >= 0.3 is 0 Å². The Morgan fingerprint density at radius 1 is 1.27 bits per heavy atom. The van der Waals surface area contributed by atoms with E-state index in [2.05, 4.69) is 32.3 Å². The fourth-order valence-corrected chi connectivity index (χ4v) is 3.99. The highest BCUT2D eigenvalue weighted by Crippen LogP contribution is 2.20. The van der Waals surface area contributed by atoms with E-state index in [1.54, 1.807) is 4.52 Å². The number of thiazole rings is 1. The lowest BCUT2D eigenvalue weighted by atomic mass is 10.1. The number of aromatic nitrogens is 5. The van der Waals surface area contributed by atoms with Gasteiger partial charge < -0.3 is 5.32 Å². The second-order valence-corrected chi connectivity index (χ2v) is 7.90. The predicted molar refractivity (Wildman–Crippen MR) is 105 cm³/mol. The molecule has 0 radical (unpaired) electrons. The Balaban J connectivity index is 1.70. The summed E-state index contributed by atoms with van der Waals surface area (Å²) in [6.45, 7) is 8.14. The van der Waals surface area contributed by atoms with Crippen molar-refractivity contribution in [2.45, 2.75) is 52.1 Å². The second kappa shape index (κ2) is 8.13. The molecule has 1 amide bonds. The smallest absolute Gasteiger partial charge is 0.253 e. The summed E-state index contributed by atoms with van der Waals surface area (Å²) < 4.78 is 1.78. The average molecular weight is 391 g/mol. The van der Waals surface area contributed by atoms with E-state index in [1.165, 1.54) is 28.7 Å². The third-order valence-electron chi connectivity index (χ3n) is 4.01. The van der Waals surface area contributed by atoms with E-state index in [1.807, 2.05) is 26.2 Å². The van der Waals surface area contributed by atoms with Gasteiger partial charge in [-0.25, -0.2) is 14.5 Å². The van der Waals surface area contributed by atoms with Crippen LogP contribution < -0.4 is 5.32 Å². The molecule has 0 bridgehead atoms. The molecule has 138 valence electrons. The first-order valence-electron chi connectivity index (χ1n) is 8.55. The molecule has 0 aliphatic carbocycles. The molecule has 3 aromatic rings. The molecule has 7 nitrogen and oxygen atoms in total. The summed E-state index contributed by atoms with van der Waals surface area (Å²) in [7, 11) is 0. The van der Waals surface area contributed by atoms with Crippen molar-refractivity contribution in [1.29, 1.82) is 0 Å². The molecule has 0 aromatic carbocycles. The minimum absolute atomic E-state index is 0.118. The Morgan fingerprint density at radius 2 is 2.08 bits per heavy atom. The third kappa shape index (κ3) is 4.21. The molecule has 26 heavy (non-hydrogen) atoms. The number of nitrogens with one attached hydrogen (secondary N) is 1. The predicted octanol–water partition coefficient (Wildman–Crippen LogP) is 3.58. The lowest BCUT2D eigenvalue weighted by Crippen LogP contribution is -2.13. The summed E-state index contributed by atoms with van der Waals surface area (Å²) in [5.41, 5.74) is 4.21. The largest absolute Gasteiger partial charge is 0.301 e. The van der Waals surface area contributed by atoms with Gasteiger partial charge in [0.1, 0.15) is 0 Å².